The molecule has 1 aromatic heterocycles. The number of aryl methyl sites for hydroxylation is 1. The number of hydrogen-bond acceptors (Lipinski definition) is 1. The Labute approximate surface area is 97.9 Å². The molecule has 0 spiro atoms. The first-order valence-electron chi connectivity index (χ1n) is 2.41. The summed E-state index contributed by atoms with van der Waals surface area (Å²) in [4.78, 5) is 6.95. The van der Waals surface area contributed by atoms with Crippen LogP contribution in [0.2, 0.25) is 0 Å². The van der Waals surface area contributed by atoms with Crippen LogP contribution in [0.5, 0.6) is 0 Å². The Hall–Kier alpha value is 0.936. The van der Waals surface area contributed by atoms with E-state index in [2.05, 4.69) is 16.9 Å². The molecule has 1 rings (SSSR count). The van der Waals surface area contributed by atoms with E-state index >= 15 is 0 Å². The van der Waals surface area contributed by atoms with Crippen molar-refractivity contribution < 1.29 is 34.0 Å². The van der Waals surface area contributed by atoms with E-state index in [1.807, 2.05) is 6.20 Å². The number of nitrogens with one attached hydrogen (secondary N) is 1. The van der Waals surface area contributed by atoms with Crippen LogP contribution in [0.3, 0.4) is 0 Å². The maximum absolute atomic E-state index is 3.98. The third-order valence-corrected chi connectivity index (χ3v) is 0.890. The maximum Gasteiger partial charge on any atom is 2.00 e. The molecule has 0 aliphatic heterocycles. The molecule has 0 aliphatic carbocycles. The second-order valence-corrected chi connectivity index (χ2v) is 1.39. The minimum atomic E-state index is 0. The monoisotopic (exact) mass is 278 g/mol. The van der Waals surface area contributed by atoms with E-state index in [1.165, 1.54) is 0 Å². The van der Waals surface area contributed by atoms with Crippen molar-refractivity contribution in [1.82, 2.24) is 9.97 Å². The van der Waals surface area contributed by atoms with Crippen molar-refractivity contribution in [1.29, 1.82) is 0 Å². The maximum atomic E-state index is 3.98. The van der Waals surface area contributed by atoms with Gasteiger partial charge >= 0.3 is 23.1 Å². The van der Waals surface area contributed by atoms with E-state index < -0.39 is 0 Å². The first-order valence-corrected chi connectivity index (χ1v) is 2.41. The van der Waals surface area contributed by atoms with Gasteiger partial charge in [-0.1, -0.05) is 6.92 Å². The number of H-pyrrole nitrogens is 1. The van der Waals surface area contributed by atoms with Gasteiger partial charge in [-0.15, -0.1) is 0 Å². The molecule has 1 aromatic rings. The molecular weight excluding hydrogens is 272 g/mol. The fourth-order valence-electron chi connectivity index (χ4n) is 0.491. The number of rotatable bonds is 1. The van der Waals surface area contributed by atoms with Gasteiger partial charge in [0.25, 0.3) is 0 Å². The molecule has 54 valence electrons. The molecule has 0 saturated carbocycles. The number of halogens is 2. The fraction of sp³-hybridized carbons (Fsp3) is 0.400. The number of aromatic amines is 1. The normalized spacial score (nSPS) is 6.50. The third-order valence-electron chi connectivity index (χ3n) is 0.890. The molecule has 0 aromatic carbocycles. The first-order chi connectivity index (χ1) is 3.43. The van der Waals surface area contributed by atoms with E-state index in [0.717, 1.165) is 12.2 Å². The molecule has 0 fully saturated rings. The second-order valence-electron chi connectivity index (χ2n) is 1.39. The van der Waals surface area contributed by atoms with Crippen LogP contribution in [0, 0.1) is 0 Å². The SMILES string of the molecule is CCc1ncc[nH]1.[Br-].[Br-].[Mg+2]. The van der Waals surface area contributed by atoms with Crippen molar-refractivity contribution in [2.75, 3.05) is 0 Å². The number of hydrogen-bond donors (Lipinski definition) is 1. The third kappa shape index (κ3) is 5.70. The summed E-state index contributed by atoms with van der Waals surface area (Å²) >= 11 is 0. The molecule has 0 radical (unpaired) electrons. The molecule has 0 amide bonds. The minimum absolute atomic E-state index is 0. The fourth-order valence-corrected chi connectivity index (χ4v) is 0.491. The van der Waals surface area contributed by atoms with Crippen LogP contribution < -0.4 is 34.0 Å². The van der Waals surface area contributed by atoms with Crippen molar-refractivity contribution in [2.45, 2.75) is 13.3 Å². The van der Waals surface area contributed by atoms with Crippen LogP contribution in [-0.2, 0) is 6.42 Å². The van der Waals surface area contributed by atoms with Gasteiger partial charge in [0.2, 0.25) is 0 Å². The summed E-state index contributed by atoms with van der Waals surface area (Å²) in [7, 11) is 0. The largest absolute Gasteiger partial charge is 2.00 e. The van der Waals surface area contributed by atoms with Crippen LogP contribution in [0.15, 0.2) is 12.4 Å². The Bertz CT molecular complexity index is 132. The van der Waals surface area contributed by atoms with Gasteiger partial charge in [-0.2, -0.15) is 0 Å². The molecule has 0 aliphatic rings. The molecule has 5 heteroatoms. The Kier molecular flexibility index (Phi) is 17.0. The number of nitrogens with zero attached hydrogens (tertiary/aromatic N) is 1. The molecule has 1 heterocycles. The molecule has 0 unspecified atom stereocenters. The quantitative estimate of drug-likeness (QED) is 0.511. The molecule has 10 heavy (non-hydrogen) atoms. The van der Waals surface area contributed by atoms with Crippen LogP contribution >= 0.6 is 0 Å². The van der Waals surface area contributed by atoms with Gasteiger partial charge in [0.05, 0.1) is 0 Å². The van der Waals surface area contributed by atoms with E-state index in [0.29, 0.717) is 0 Å². The van der Waals surface area contributed by atoms with Gasteiger partial charge in [0.15, 0.2) is 0 Å². The smallest absolute Gasteiger partial charge is 1.00 e. The Balaban J connectivity index is -0.000000163. The van der Waals surface area contributed by atoms with E-state index in [-0.39, 0.29) is 57.0 Å². The van der Waals surface area contributed by atoms with Crippen LogP contribution in [-0.4, -0.2) is 33.0 Å². The van der Waals surface area contributed by atoms with Gasteiger partial charge < -0.3 is 38.9 Å². The summed E-state index contributed by atoms with van der Waals surface area (Å²) in [6.45, 7) is 2.07. The number of aromatic nitrogens is 2. The van der Waals surface area contributed by atoms with Crippen LogP contribution in [0.1, 0.15) is 12.7 Å². The standard InChI is InChI=1S/C5H8N2.2BrH.Mg/c1-2-5-6-3-4-7-5;;;/h3-4H,2H2,1H3,(H,6,7);2*1H;/q;;;+2/p-2. The minimum Gasteiger partial charge on any atom is -1.00 e. The molecule has 0 bridgehead atoms. The zero-order chi connectivity index (χ0) is 5.11. The predicted molar refractivity (Wildman–Crippen MR) is 33.7 cm³/mol. The Morgan fingerprint density at radius 1 is 1.50 bits per heavy atom. The summed E-state index contributed by atoms with van der Waals surface area (Å²) in [5.74, 6) is 1.06. The van der Waals surface area contributed by atoms with Gasteiger partial charge in [-0.25, -0.2) is 4.98 Å². The van der Waals surface area contributed by atoms with Crippen molar-refractivity contribution in [3.05, 3.63) is 18.2 Å². The molecule has 2 nitrogen and oxygen atoms in total. The topological polar surface area (TPSA) is 28.7 Å². The second kappa shape index (κ2) is 9.94. The van der Waals surface area contributed by atoms with Gasteiger partial charge in [0.1, 0.15) is 5.82 Å². The summed E-state index contributed by atoms with van der Waals surface area (Å²) in [5, 5.41) is 0. The van der Waals surface area contributed by atoms with Crippen molar-refractivity contribution in [2.24, 2.45) is 0 Å². The first kappa shape index (κ1) is 17.1. The molecule has 0 atom stereocenters. The summed E-state index contributed by atoms with van der Waals surface area (Å²) < 4.78 is 0. The van der Waals surface area contributed by atoms with Crippen molar-refractivity contribution in [3.63, 3.8) is 0 Å². The van der Waals surface area contributed by atoms with Crippen molar-refractivity contribution >= 4 is 23.1 Å². The van der Waals surface area contributed by atoms with Crippen molar-refractivity contribution in [3.8, 4) is 0 Å². The molecule has 1 N–H and O–H groups in total. The van der Waals surface area contributed by atoms with E-state index in [4.69, 9.17) is 0 Å². The average Bonchev–Trinajstić information content (AvgIpc) is 2.14. The van der Waals surface area contributed by atoms with Gasteiger partial charge in [0, 0.05) is 18.8 Å². The predicted octanol–water partition coefficient (Wildman–Crippen LogP) is -5.40. The zero-order valence-corrected chi connectivity index (χ0v) is 10.4. The summed E-state index contributed by atoms with van der Waals surface area (Å²) in [6.07, 6.45) is 4.59. The summed E-state index contributed by atoms with van der Waals surface area (Å²) in [6, 6.07) is 0. The zero-order valence-electron chi connectivity index (χ0n) is 5.77. The molecular formula is C5H8Br2MgN2. The van der Waals surface area contributed by atoms with Gasteiger partial charge in [-0.05, 0) is 0 Å². The van der Waals surface area contributed by atoms with Crippen LogP contribution in [0.25, 0.3) is 0 Å². The van der Waals surface area contributed by atoms with E-state index in [9.17, 15) is 0 Å². The molecule has 0 saturated heterocycles. The van der Waals surface area contributed by atoms with E-state index in [1.54, 1.807) is 6.20 Å². The number of imidazole rings is 1. The summed E-state index contributed by atoms with van der Waals surface area (Å²) in [5.41, 5.74) is 0. The van der Waals surface area contributed by atoms with Gasteiger partial charge in [-0.3, -0.25) is 0 Å². The Morgan fingerprint density at radius 2 is 2.10 bits per heavy atom. The van der Waals surface area contributed by atoms with Crippen LogP contribution in [0.4, 0.5) is 0 Å². The average molecular weight is 280 g/mol. The Morgan fingerprint density at radius 3 is 2.30 bits per heavy atom.